The second kappa shape index (κ2) is 9.01. The van der Waals surface area contributed by atoms with Gasteiger partial charge in [-0.05, 0) is 24.1 Å². The molecule has 3 rings (SSSR count). The Morgan fingerprint density at radius 1 is 1.03 bits per heavy atom. The van der Waals surface area contributed by atoms with Crippen LogP contribution in [-0.4, -0.2) is 56.7 Å². The van der Waals surface area contributed by atoms with Gasteiger partial charge in [0.05, 0.1) is 6.04 Å². The van der Waals surface area contributed by atoms with E-state index in [0.29, 0.717) is 25.1 Å². The topological polar surface area (TPSA) is 66.9 Å². The van der Waals surface area contributed by atoms with Crippen LogP contribution >= 0.6 is 0 Å². The van der Waals surface area contributed by atoms with Crippen LogP contribution in [0, 0.1) is 5.92 Å². The van der Waals surface area contributed by atoms with Gasteiger partial charge in [-0.15, -0.1) is 0 Å². The fourth-order valence-corrected chi connectivity index (χ4v) is 3.73. The average Bonchev–Trinajstić information content (AvgIpc) is 2.99. The first kappa shape index (κ1) is 20.7. The number of Topliss-reactive ketones (excluding diaryl/α,β-unsaturated/α-hetero) is 2. The van der Waals surface area contributed by atoms with Crippen molar-refractivity contribution in [1.82, 2.24) is 4.90 Å². The molecule has 2 unspecified atom stereocenters. The van der Waals surface area contributed by atoms with Crippen molar-refractivity contribution >= 4 is 23.2 Å². The van der Waals surface area contributed by atoms with Gasteiger partial charge in [-0.25, -0.2) is 0 Å². The van der Waals surface area contributed by atoms with Crippen LogP contribution < -0.4 is 4.90 Å². The van der Waals surface area contributed by atoms with Crippen molar-refractivity contribution in [2.45, 2.75) is 12.5 Å². The maximum absolute atomic E-state index is 13.2. The molecular formula is C23H26N2O4. The molecule has 6 heteroatoms. The standard InChI is InChI=1S/C23H26N2O4/c1-24(2)18-12-10-16(11-13-18)20-19(21(26)17-8-5-4-6-9-17)22(27)23(28)25(20)14-7-15-29-3/h4-6,8-13,19-20H,7,14-15H2,1-3H3. The largest absolute Gasteiger partial charge is 0.385 e. The van der Waals surface area contributed by atoms with E-state index in [1.165, 1.54) is 4.90 Å². The predicted octanol–water partition coefficient (Wildman–Crippen LogP) is 2.74. The lowest BCUT2D eigenvalue weighted by molar-refractivity contribution is -0.140. The Balaban J connectivity index is 2.00. The minimum absolute atomic E-state index is 0.320. The minimum atomic E-state index is -1.04. The summed E-state index contributed by atoms with van der Waals surface area (Å²) in [5, 5.41) is 0. The summed E-state index contributed by atoms with van der Waals surface area (Å²) in [6, 6.07) is 15.7. The molecule has 2 atom stereocenters. The lowest BCUT2D eigenvalue weighted by Crippen LogP contribution is -2.32. The van der Waals surface area contributed by atoms with Crippen molar-refractivity contribution in [3.63, 3.8) is 0 Å². The van der Waals surface area contributed by atoms with Crippen molar-refractivity contribution in [3.8, 4) is 0 Å². The number of benzene rings is 2. The number of carbonyl (C=O) groups is 3. The molecule has 0 aliphatic carbocycles. The SMILES string of the molecule is COCCCN1C(=O)C(=O)C(C(=O)c2ccccc2)C1c1ccc(N(C)C)cc1. The molecule has 1 heterocycles. The van der Waals surface area contributed by atoms with Crippen LogP contribution in [0.25, 0.3) is 0 Å². The first-order chi connectivity index (χ1) is 14.0. The van der Waals surface area contributed by atoms with E-state index in [2.05, 4.69) is 0 Å². The molecule has 6 nitrogen and oxygen atoms in total. The molecule has 29 heavy (non-hydrogen) atoms. The fraction of sp³-hybridized carbons (Fsp3) is 0.348. The van der Waals surface area contributed by atoms with Gasteiger partial charge in [0.25, 0.3) is 5.91 Å². The van der Waals surface area contributed by atoms with E-state index in [-0.39, 0.29) is 5.78 Å². The van der Waals surface area contributed by atoms with Crippen molar-refractivity contribution in [3.05, 3.63) is 65.7 Å². The van der Waals surface area contributed by atoms with Gasteiger partial charge < -0.3 is 14.5 Å². The van der Waals surface area contributed by atoms with Crippen LogP contribution in [0.15, 0.2) is 54.6 Å². The third-order valence-corrected chi connectivity index (χ3v) is 5.24. The smallest absolute Gasteiger partial charge is 0.291 e. The van der Waals surface area contributed by atoms with E-state index < -0.39 is 23.7 Å². The number of nitrogens with zero attached hydrogens (tertiary/aromatic N) is 2. The fourth-order valence-electron chi connectivity index (χ4n) is 3.73. The first-order valence-corrected chi connectivity index (χ1v) is 9.66. The second-order valence-corrected chi connectivity index (χ2v) is 7.35. The van der Waals surface area contributed by atoms with Gasteiger partial charge in [0.1, 0.15) is 5.92 Å². The Morgan fingerprint density at radius 2 is 1.69 bits per heavy atom. The third kappa shape index (κ3) is 4.22. The highest BCUT2D eigenvalue weighted by atomic mass is 16.5. The van der Waals surface area contributed by atoms with Gasteiger partial charge in [0.2, 0.25) is 5.78 Å². The summed E-state index contributed by atoms with van der Waals surface area (Å²) in [4.78, 5) is 42.4. The summed E-state index contributed by atoms with van der Waals surface area (Å²) in [5.74, 6) is -2.60. The summed E-state index contributed by atoms with van der Waals surface area (Å²) in [5.41, 5.74) is 2.22. The predicted molar refractivity (Wildman–Crippen MR) is 111 cm³/mol. The van der Waals surface area contributed by atoms with Gasteiger partial charge in [-0.3, -0.25) is 14.4 Å². The molecular weight excluding hydrogens is 368 g/mol. The number of carbonyl (C=O) groups excluding carboxylic acids is 3. The Labute approximate surface area is 171 Å². The number of ketones is 2. The van der Waals surface area contributed by atoms with Crippen LogP contribution in [-0.2, 0) is 14.3 Å². The highest BCUT2D eigenvalue weighted by Crippen LogP contribution is 2.38. The maximum Gasteiger partial charge on any atom is 0.291 e. The number of anilines is 1. The van der Waals surface area contributed by atoms with E-state index in [1.54, 1.807) is 31.4 Å². The number of hydrogen-bond acceptors (Lipinski definition) is 5. The van der Waals surface area contributed by atoms with Crippen molar-refractivity contribution in [2.24, 2.45) is 5.92 Å². The lowest BCUT2D eigenvalue weighted by Gasteiger charge is -2.27. The average molecular weight is 394 g/mol. The zero-order valence-corrected chi connectivity index (χ0v) is 17.0. The number of likely N-dealkylation sites (tertiary alicyclic amines) is 1. The highest BCUT2D eigenvalue weighted by molar-refractivity contribution is 6.44. The van der Waals surface area contributed by atoms with Gasteiger partial charge in [0, 0.05) is 45.6 Å². The summed E-state index contributed by atoms with van der Waals surface area (Å²) in [7, 11) is 5.48. The Bertz CT molecular complexity index is 878. The maximum atomic E-state index is 13.2. The van der Waals surface area contributed by atoms with Crippen LogP contribution in [0.4, 0.5) is 5.69 Å². The van der Waals surface area contributed by atoms with Crippen molar-refractivity contribution in [2.75, 3.05) is 39.3 Å². The Morgan fingerprint density at radius 3 is 2.28 bits per heavy atom. The Hall–Kier alpha value is -2.99. The van der Waals surface area contributed by atoms with Gasteiger partial charge in [-0.1, -0.05) is 42.5 Å². The van der Waals surface area contributed by atoms with Crippen LogP contribution in [0.3, 0.4) is 0 Å². The zero-order valence-electron chi connectivity index (χ0n) is 17.0. The summed E-state index contributed by atoms with van der Waals surface area (Å²) >= 11 is 0. The lowest BCUT2D eigenvalue weighted by atomic mass is 9.86. The third-order valence-electron chi connectivity index (χ3n) is 5.24. The number of amides is 1. The highest BCUT2D eigenvalue weighted by Gasteiger charge is 2.51. The molecule has 2 aromatic carbocycles. The number of rotatable bonds is 8. The molecule has 0 radical (unpaired) electrons. The van der Waals surface area contributed by atoms with Gasteiger partial charge >= 0.3 is 0 Å². The summed E-state index contributed by atoms with van der Waals surface area (Å²) < 4.78 is 5.10. The summed E-state index contributed by atoms with van der Waals surface area (Å²) in [6.07, 6.45) is 0.591. The number of ether oxygens (including phenoxy) is 1. The van der Waals surface area contributed by atoms with E-state index in [9.17, 15) is 14.4 Å². The second-order valence-electron chi connectivity index (χ2n) is 7.35. The van der Waals surface area contributed by atoms with E-state index in [1.807, 2.05) is 49.3 Å². The molecule has 1 aliphatic heterocycles. The van der Waals surface area contributed by atoms with E-state index in [0.717, 1.165) is 11.3 Å². The molecule has 1 amide bonds. The molecule has 0 aromatic heterocycles. The molecule has 1 fully saturated rings. The first-order valence-electron chi connectivity index (χ1n) is 9.66. The Kier molecular flexibility index (Phi) is 6.44. The summed E-state index contributed by atoms with van der Waals surface area (Å²) in [6.45, 7) is 0.832. The molecule has 1 saturated heterocycles. The molecule has 152 valence electrons. The number of methoxy groups -OCH3 is 1. The van der Waals surface area contributed by atoms with Crippen molar-refractivity contribution in [1.29, 1.82) is 0 Å². The van der Waals surface area contributed by atoms with Crippen LogP contribution in [0.1, 0.15) is 28.4 Å². The number of hydrogen-bond donors (Lipinski definition) is 0. The van der Waals surface area contributed by atoms with Crippen LogP contribution in [0.2, 0.25) is 0 Å². The minimum Gasteiger partial charge on any atom is -0.385 e. The van der Waals surface area contributed by atoms with E-state index >= 15 is 0 Å². The molecule has 1 aliphatic rings. The normalized spacial score (nSPS) is 18.9. The zero-order chi connectivity index (χ0) is 21.0. The van der Waals surface area contributed by atoms with E-state index in [4.69, 9.17) is 4.74 Å². The molecule has 0 spiro atoms. The molecule has 0 bridgehead atoms. The molecule has 0 saturated carbocycles. The van der Waals surface area contributed by atoms with Gasteiger partial charge in [0.15, 0.2) is 5.78 Å². The van der Waals surface area contributed by atoms with Gasteiger partial charge in [-0.2, -0.15) is 0 Å². The monoisotopic (exact) mass is 394 g/mol. The molecule has 2 aromatic rings. The molecule has 0 N–H and O–H groups in total. The van der Waals surface area contributed by atoms with Crippen molar-refractivity contribution < 1.29 is 19.1 Å². The van der Waals surface area contributed by atoms with Crippen LogP contribution in [0.5, 0.6) is 0 Å². The quantitative estimate of drug-likeness (QED) is 0.298.